The lowest BCUT2D eigenvalue weighted by atomic mass is 10.6. The Morgan fingerprint density at radius 3 is 2.33 bits per heavy atom. The molecule has 0 bridgehead atoms. The normalized spacial score (nSPS) is 8.73. The van der Waals surface area contributed by atoms with Crippen LogP contribution in [-0.2, 0) is 9.53 Å². The Morgan fingerprint density at radius 2 is 2.00 bits per heavy atom. The molecule has 0 radical (unpaired) electrons. The number of ether oxygens (including phenoxy) is 1. The molecule has 7 nitrogen and oxygen atoms in total. The van der Waals surface area contributed by atoms with Crippen LogP contribution in [0.5, 0.6) is 0 Å². The highest BCUT2D eigenvalue weighted by molar-refractivity contribution is 5.72. The Labute approximate surface area is 88.4 Å². The molecule has 90 valence electrons. The summed E-state index contributed by atoms with van der Waals surface area (Å²) >= 11 is 0. The largest absolute Gasteiger partial charge is 0.394 e. The molecule has 0 aromatic carbocycles. The summed E-state index contributed by atoms with van der Waals surface area (Å²) in [5.74, 6) is -0.0624. The second-order valence-electron chi connectivity index (χ2n) is 2.40. The van der Waals surface area contributed by atoms with E-state index in [0.717, 1.165) is 0 Å². The number of rotatable bonds is 7. The maximum absolute atomic E-state index is 10.3. The fourth-order valence-corrected chi connectivity index (χ4v) is 0.507. The van der Waals surface area contributed by atoms with Gasteiger partial charge >= 0.3 is 0 Å². The van der Waals surface area contributed by atoms with Crippen LogP contribution in [0.4, 0.5) is 0 Å². The first-order valence-corrected chi connectivity index (χ1v) is 4.52. The van der Waals surface area contributed by atoms with E-state index in [1.54, 1.807) is 0 Å². The van der Waals surface area contributed by atoms with Crippen molar-refractivity contribution in [1.82, 2.24) is 5.32 Å². The average Bonchev–Trinajstić information content (AvgIpc) is 2.19. The van der Waals surface area contributed by atoms with Gasteiger partial charge in [0.2, 0.25) is 5.91 Å². The van der Waals surface area contributed by atoms with Gasteiger partial charge in [-0.05, 0) is 0 Å². The third-order valence-electron chi connectivity index (χ3n) is 1.05. The molecule has 0 saturated carbocycles. The molecule has 0 aliphatic heterocycles. The summed E-state index contributed by atoms with van der Waals surface area (Å²) in [6.07, 6.45) is 0. The minimum atomic E-state index is -0.135. The van der Waals surface area contributed by atoms with Crippen molar-refractivity contribution in [1.29, 1.82) is 0 Å². The third-order valence-corrected chi connectivity index (χ3v) is 1.05. The van der Waals surface area contributed by atoms with E-state index < -0.39 is 0 Å². The van der Waals surface area contributed by atoms with Crippen LogP contribution in [0, 0.1) is 4.91 Å². The van der Waals surface area contributed by atoms with Gasteiger partial charge in [-0.1, -0.05) is 5.18 Å². The summed E-state index contributed by atoms with van der Waals surface area (Å²) in [4.78, 5) is 19.3. The highest BCUT2D eigenvalue weighted by Crippen LogP contribution is 1.70. The maximum Gasteiger partial charge on any atom is 0.216 e. The first kappa shape index (κ1) is 16.4. The smallest absolute Gasteiger partial charge is 0.216 e. The van der Waals surface area contributed by atoms with E-state index in [1.165, 1.54) is 6.92 Å². The SMILES string of the molecule is CC(=O)NCCOCCO.O=NCCO. The van der Waals surface area contributed by atoms with Gasteiger partial charge in [0.15, 0.2) is 0 Å². The van der Waals surface area contributed by atoms with Crippen molar-refractivity contribution in [3.63, 3.8) is 0 Å². The molecule has 0 spiro atoms. The van der Waals surface area contributed by atoms with E-state index in [4.69, 9.17) is 19.9 Å². The Balaban J connectivity index is 0. The maximum atomic E-state index is 10.3. The van der Waals surface area contributed by atoms with E-state index in [0.29, 0.717) is 19.8 Å². The summed E-state index contributed by atoms with van der Waals surface area (Å²) < 4.78 is 4.87. The lowest BCUT2D eigenvalue weighted by molar-refractivity contribution is -0.119. The van der Waals surface area contributed by atoms with Gasteiger partial charge in [-0.2, -0.15) is 4.91 Å². The number of nitrogens with one attached hydrogen (secondary N) is 1. The summed E-state index contributed by atoms with van der Waals surface area (Å²) in [5, 5.41) is 20.9. The minimum absolute atomic E-state index is 0.0139. The zero-order valence-corrected chi connectivity index (χ0v) is 8.81. The van der Waals surface area contributed by atoms with Crippen molar-refractivity contribution in [2.75, 3.05) is 39.5 Å². The molecule has 1 amide bonds. The second-order valence-corrected chi connectivity index (χ2v) is 2.40. The monoisotopic (exact) mass is 222 g/mol. The van der Waals surface area contributed by atoms with Crippen LogP contribution < -0.4 is 5.32 Å². The number of nitrogens with zero attached hydrogens (tertiary/aromatic N) is 1. The quantitative estimate of drug-likeness (QED) is 0.373. The van der Waals surface area contributed by atoms with Gasteiger partial charge in [-0.15, -0.1) is 0 Å². The zero-order valence-electron chi connectivity index (χ0n) is 8.81. The van der Waals surface area contributed by atoms with Gasteiger partial charge in [0.05, 0.1) is 26.4 Å². The molecule has 0 fully saturated rings. The van der Waals surface area contributed by atoms with E-state index in [9.17, 15) is 4.79 Å². The van der Waals surface area contributed by atoms with Crippen molar-refractivity contribution in [3.05, 3.63) is 4.91 Å². The molecule has 0 saturated heterocycles. The fourth-order valence-electron chi connectivity index (χ4n) is 0.507. The highest BCUT2D eigenvalue weighted by atomic mass is 16.5. The summed E-state index contributed by atoms with van der Waals surface area (Å²) in [7, 11) is 0. The second kappa shape index (κ2) is 15.4. The number of carbonyl (C=O) groups is 1. The number of nitroso groups, excluding NO2 is 1. The molecule has 0 rings (SSSR count). The molecule has 0 atom stereocenters. The third kappa shape index (κ3) is 24.6. The molecule has 0 heterocycles. The van der Waals surface area contributed by atoms with Crippen LogP contribution in [0.15, 0.2) is 5.18 Å². The van der Waals surface area contributed by atoms with Crippen LogP contribution in [0.2, 0.25) is 0 Å². The van der Waals surface area contributed by atoms with Crippen LogP contribution in [0.25, 0.3) is 0 Å². The number of amides is 1. The van der Waals surface area contributed by atoms with Crippen molar-refractivity contribution < 1.29 is 19.7 Å². The lowest BCUT2D eigenvalue weighted by Crippen LogP contribution is -2.24. The topological polar surface area (TPSA) is 108 Å². The first-order valence-electron chi connectivity index (χ1n) is 4.52. The molecule has 0 aliphatic carbocycles. The van der Waals surface area contributed by atoms with Crippen molar-refractivity contribution >= 4 is 5.91 Å². The number of hydrogen-bond acceptors (Lipinski definition) is 6. The average molecular weight is 222 g/mol. The predicted octanol–water partition coefficient (Wildman–Crippen LogP) is -1.12. The van der Waals surface area contributed by atoms with E-state index >= 15 is 0 Å². The van der Waals surface area contributed by atoms with E-state index in [2.05, 4.69) is 10.5 Å². The van der Waals surface area contributed by atoms with Crippen LogP contribution in [0.3, 0.4) is 0 Å². The minimum Gasteiger partial charge on any atom is -0.394 e. The van der Waals surface area contributed by atoms with Gasteiger partial charge < -0.3 is 20.3 Å². The molecular weight excluding hydrogens is 204 g/mol. The van der Waals surface area contributed by atoms with E-state index in [1.807, 2.05) is 0 Å². The zero-order chi connectivity index (χ0) is 11.9. The Hall–Kier alpha value is -1.05. The molecule has 0 unspecified atom stereocenters. The molecule has 3 N–H and O–H groups in total. The number of hydrogen-bond donors (Lipinski definition) is 3. The van der Waals surface area contributed by atoms with Crippen molar-refractivity contribution in [2.24, 2.45) is 5.18 Å². The standard InChI is InChI=1S/C6H13NO3.C2H5NO2/c1-6(9)7-2-4-10-5-3-8;4-2-1-3-5/h8H,2-5H2,1H3,(H,7,9);4H,1-2H2. The molecule has 7 heteroatoms. The summed E-state index contributed by atoms with van der Waals surface area (Å²) in [6, 6.07) is 0. The predicted molar refractivity (Wildman–Crippen MR) is 54.3 cm³/mol. The van der Waals surface area contributed by atoms with Gasteiger partial charge in [-0.3, -0.25) is 4.79 Å². The summed E-state index contributed by atoms with van der Waals surface area (Å²) in [5.41, 5.74) is 0. The van der Waals surface area contributed by atoms with Gasteiger partial charge in [0, 0.05) is 13.5 Å². The fraction of sp³-hybridized carbons (Fsp3) is 0.875. The number of carbonyl (C=O) groups excluding carboxylic acids is 1. The molecular formula is C8H18N2O5. The Morgan fingerprint density at radius 1 is 1.33 bits per heavy atom. The van der Waals surface area contributed by atoms with Crippen molar-refractivity contribution in [3.8, 4) is 0 Å². The highest BCUT2D eigenvalue weighted by Gasteiger charge is 1.88. The number of aliphatic hydroxyl groups excluding tert-OH is 2. The van der Waals surface area contributed by atoms with Crippen LogP contribution >= 0.6 is 0 Å². The lowest BCUT2D eigenvalue weighted by Gasteiger charge is -2.01. The Kier molecular flexibility index (Phi) is 16.8. The van der Waals surface area contributed by atoms with Gasteiger partial charge in [0.1, 0.15) is 6.54 Å². The van der Waals surface area contributed by atoms with Gasteiger partial charge in [0.25, 0.3) is 0 Å². The van der Waals surface area contributed by atoms with Gasteiger partial charge in [-0.25, -0.2) is 0 Å². The Bertz CT molecular complexity index is 154. The summed E-state index contributed by atoms with van der Waals surface area (Å²) in [6.45, 7) is 2.66. The molecule has 0 aliphatic rings. The van der Waals surface area contributed by atoms with Crippen molar-refractivity contribution in [2.45, 2.75) is 6.92 Å². The van der Waals surface area contributed by atoms with E-state index in [-0.39, 0.29) is 25.7 Å². The number of aliphatic hydroxyl groups is 2. The van der Waals surface area contributed by atoms with Crippen LogP contribution in [-0.4, -0.2) is 55.6 Å². The molecule has 15 heavy (non-hydrogen) atoms. The molecule has 0 aromatic heterocycles. The van der Waals surface area contributed by atoms with Crippen LogP contribution in [0.1, 0.15) is 6.92 Å². The first-order chi connectivity index (χ1) is 7.18. The molecule has 0 aromatic rings.